The van der Waals surface area contributed by atoms with Crippen molar-refractivity contribution in [2.24, 2.45) is 11.7 Å². The number of halogens is 3. The molecule has 1 aliphatic rings. The summed E-state index contributed by atoms with van der Waals surface area (Å²) in [5.41, 5.74) is 5.18. The third kappa shape index (κ3) is 4.35. The monoisotopic (exact) mass is 352 g/mol. The number of hydrogen-bond acceptors (Lipinski definition) is 4. The standard InChI is InChI=1S/C13H15F3N2O4S/c14-13(15,16)22-10-2-1-3-11(8-10)23(20,21)18-6-4-9(5-7-18)12(17)19/h1-3,8-9H,4-7H2,(H2,17,19). The van der Waals surface area contributed by atoms with Gasteiger partial charge in [0.25, 0.3) is 0 Å². The van der Waals surface area contributed by atoms with Gasteiger partial charge in [0, 0.05) is 25.1 Å². The number of carbonyl (C=O) groups is 1. The van der Waals surface area contributed by atoms with Crippen LogP contribution in [0.5, 0.6) is 5.75 Å². The third-order valence-electron chi connectivity index (χ3n) is 3.53. The Kier molecular flexibility index (Phi) is 4.85. The molecule has 1 aromatic carbocycles. The van der Waals surface area contributed by atoms with Gasteiger partial charge in [0.2, 0.25) is 15.9 Å². The number of piperidine rings is 1. The summed E-state index contributed by atoms with van der Waals surface area (Å²) in [4.78, 5) is 10.8. The number of rotatable bonds is 4. The van der Waals surface area contributed by atoms with Crippen molar-refractivity contribution in [1.29, 1.82) is 0 Å². The van der Waals surface area contributed by atoms with Crippen LogP contribution in [0.1, 0.15) is 12.8 Å². The van der Waals surface area contributed by atoms with Gasteiger partial charge in [-0.3, -0.25) is 4.79 Å². The minimum Gasteiger partial charge on any atom is -0.406 e. The Hall–Kier alpha value is -1.81. The minimum atomic E-state index is -4.90. The van der Waals surface area contributed by atoms with E-state index in [1.807, 2.05) is 0 Å². The Balaban J connectivity index is 2.17. The molecule has 10 heteroatoms. The molecule has 1 fully saturated rings. The first-order chi connectivity index (χ1) is 10.6. The number of nitrogens with two attached hydrogens (primary N) is 1. The van der Waals surface area contributed by atoms with Gasteiger partial charge in [-0.15, -0.1) is 13.2 Å². The van der Waals surface area contributed by atoms with Crippen LogP contribution in [-0.4, -0.2) is 38.1 Å². The maximum absolute atomic E-state index is 12.5. The van der Waals surface area contributed by atoms with Gasteiger partial charge in [0.05, 0.1) is 4.90 Å². The summed E-state index contributed by atoms with van der Waals surface area (Å²) in [5, 5.41) is 0. The zero-order valence-electron chi connectivity index (χ0n) is 11.9. The van der Waals surface area contributed by atoms with Crippen molar-refractivity contribution < 1.29 is 31.1 Å². The highest BCUT2D eigenvalue weighted by molar-refractivity contribution is 7.89. The summed E-state index contributed by atoms with van der Waals surface area (Å²) in [6.45, 7) is 0.167. The molecule has 0 spiro atoms. The third-order valence-corrected chi connectivity index (χ3v) is 5.43. The molecule has 0 unspecified atom stereocenters. The summed E-state index contributed by atoms with van der Waals surface area (Å²) >= 11 is 0. The van der Waals surface area contributed by atoms with E-state index >= 15 is 0 Å². The average molecular weight is 352 g/mol. The van der Waals surface area contributed by atoms with Crippen LogP contribution in [0, 0.1) is 5.92 Å². The summed E-state index contributed by atoms with van der Waals surface area (Å²) < 4.78 is 66.4. The van der Waals surface area contributed by atoms with Crippen molar-refractivity contribution in [1.82, 2.24) is 4.31 Å². The van der Waals surface area contributed by atoms with Crippen LogP contribution in [0.25, 0.3) is 0 Å². The summed E-state index contributed by atoms with van der Waals surface area (Å²) in [6, 6.07) is 4.21. The molecule has 1 amide bonds. The number of sulfonamides is 1. The normalized spacial score (nSPS) is 17.9. The molecule has 2 N–H and O–H groups in total. The van der Waals surface area contributed by atoms with E-state index in [1.165, 1.54) is 12.1 Å². The molecule has 0 aromatic heterocycles. The van der Waals surface area contributed by atoms with Crippen molar-refractivity contribution in [3.8, 4) is 5.75 Å². The van der Waals surface area contributed by atoms with Gasteiger partial charge in [-0.2, -0.15) is 4.31 Å². The van der Waals surface area contributed by atoms with E-state index in [1.54, 1.807) is 0 Å². The zero-order chi connectivity index (χ0) is 17.3. The second kappa shape index (κ2) is 6.36. The molecule has 0 saturated carbocycles. The number of alkyl halides is 3. The number of ether oxygens (including phenoxy) is 1. The molecule has 0 radical (unpaired) electrons. The molecule has 0 atom stereocenters. The van der Waals surface area contributed by atoms with Crippen molar-refractivity contribution in [2.75, 3.05) is 13.1 Å². The fourth-order valence-electron chi connectivity index (χ4n) is 2.36. The van der Waals surface area contributed by atoms with Gasteiger partial charge >= 0.3 is 6.36 Å². The van der Waals surface area contributed by atoms with Crippen molar-refractivity contribution in [2.45, 2.75) is 24.1 Å². The first kappa shape index (κ1) is 17.5. The van der Waals surface area contributed by atoms with E-state index in [2.05, 4.69) is 4.74 Å². The lowest BCUT2D eigenvalue weighted by atomic mass is 9.98. The highest BCUT2D eigenvalue weighted by Gasteiger charge is 2.33. The second-order valence-electron chi connectivity index (χ2n) is 5.10. The number of benzene rings is 1. The Bertz CT molecular complexity index is 683. The van der Waals surface area contributed by atoms with E-state index in [0.717, 1.165) is 16.4 Å². The lowest BCUT2D eigenvalue weighted by molar-refractivity contribution is -0.274. The topological polar surface area (TPSA) is 89.7 Å². The van der Waals surface area contributed by atoms with Crippen LogP contribution in [0.2, 0.25) is 0 Å². The van der Waals surface area contributed by atoms with Crippen LogP contribution < -0.4 is 10.5 Å². The van der Waals surface area contributed by atoms with Crippen molar-refractivity contribution in [3.05, 3.63) is 24.3 Å². The molecule has 1 saturated heterocycles. The average Bonchev–Trinajstić information content (AvgIpc) is 2.46. The molecule has 0 bridgehead atoms. The van der Waals surface area contributed by atoms with Crippen LogP contribution in [-0.2, 0) is 14.8 Å². The van der Waals surface area contributed by atoms with E-state index in [9.17, 15) is 26.4 Å². The van der Waals surface area contributed by atoms with E-state index < -0.39 is 28.0 Å². The van der Waals surface area contributed by atoms with E-state index in [0.29, 0.717) is 0 Å². The smallest absolute Gasteiger partial charge is 0.406 e. The molecule has 23 heavy (non-hydrogen) atoms. The highest BCUT2D eigenvalue weighted by atomic mass is 32.2. The molecule has 128 valence electrons. The van der Waals surface area contributed by atoms with Crippen LogP contribution in [0.15, 0.2) is 29.2 Å². The zero-order valence-corrected chi connectivity index (χ0v) is 12.7. The number of amides is 1. The second-order valence-corrected chi connectivity index (χ2v) is 7.04. The number of primary amides is 1. The predicted octanol–water partition coefficient (Wildman–Crippen LogP) is 1.47. The first-order valence-electron chi connectivity index (χ1n) is 6.75. The SMILES string of the molecule is NC(=O)C1CCN(S(=O)(=O)c2cccc(OC(F)(F)F)c2)CC1. The Morgan fingerprint density at radius 2 is 1.87 bits per heavy atom. The molecular formula is C13H15F3N2O4S. The van der Waals surface area contributed by atoms with E-state index in [-0.39, 0.29) is 36.7 Å². The molecular weight excluding hydrogens is 337 g/mol. The summed E-state index contributed by atoms with van der Waals surface area (Å²) in [6.07, 6.45) is -4.33. The van der Waals surface area contributed by atoms with Gasteiger partial charge in [0.1, 0.15) is 5.75 Å². The van der Waals surface area contributed by atoms with Crippen LogP contribution >= 0.6 is 0 Å². The number of hydrogen-bond donors (Lipinski definition) is 1. The molecule has 0 aliphatic carbocycles. The van der Waals surface area contributed by atoms with Gasteiger partial charge in [-0.1, -0.05) is 6.07 Å². The van der Waals surface area contributed by atoms with Crippen molar-refractivity contribution >= 4 is 15.9 Å². The Morgan fingerprint density at radius 1 is 1.26 bits per heavy atom. The fraction of sp³-hybridized carbons (Fsp3) is 0.462. The van der Waals surface area contributed by atoms with E-state index in [4.69, 9.17) is 5.73 Å². The van der Waals surface area contributed by atoms with Crippen LogP contribution in [0.3, 0.4) is 0 Å². The summed E-state index contributed by atoms with van der Waals surface area (Å²) in [7, 11) is -3.96. The first-order valence-corrected chi connectivity index (χ1v) is 8.19. The van der Waals surface area contributed by atoms with Gasteiger partial charge in [-0.05, 0) is 25.0 Å². The predicted molar refractivity (Wildman–Crippen MR) is 73.8 cm³/mol. The molecule has 1 aromatic rings. The lowest BCUT2D eigenvalue weighted by Gasteiger charge is -2.29. The van der Waals surface area contributed by atoms with Gasteiger partial charge in [-0.25, -0.2) is 8.42 Å². The van der Waals surface area contributed by atoms with Gasteiger partial charge in [0.15, 0.2) is 0 Å². The maximum atomic E-state index is 12.5. The molecule has 1 aliphatic heterocycles. The quantitative estimate of drug-likeness (QED) is 0.889. The lowest BCUT2D eigenvalue weighted by Crippen LogP contribution is -2.41. The van der Waals surface area contributed by atoms with Crippen molar-refractivity contribution in [3.63, 3.8) is 0 Å². The van der Waals surface area contributed by atoms with Crippen LogP contribution in [0.4, 0.5) is 13.2 Å². The van der Waals surface area contributed by atoms with Gasteiger partial charge < -0.3 is 10.5 Å². The minimum absolute atomic E-state index is 0.0836. The number of nitrogens with zero attached hydrogens (tertiary/aromatic N) is 1. The highest BCUT2D eigenvalue weighted by Crippen LogP contribution is 2.28. The Morgan fingerprint density at radius 3 is 2.39 bits per heavy atom. The summed E-state index contributed by atoms with van der Waals surface area (Å²) in [5.74, 6) is -1.48. The maximum Gasteiger partial charge on any atom is 0.573 e. The largest absolute Gasteiger partial charge is 0.573 e. The Labute approximate surface area is 131 Å². The fourth-order valence-corrected chi connectivity index (χ4v) is 3.87. The number of carbonyl (C=O) groups excluding carboxylic acids is 1. The molecule has 2 rings (SSSR count). The molecule has 6 nitrogen and oxygen atoms in total. The molecule has 1 heterocycles.